The Morgan fingerprint density at radius 1 is 0.810 bits per heavy atom. The summed E-state index contributed by atoms with van der Waals surface area (Å²) in [5, 5.41) is 0. The summed E-state index contributed by atoms with van der Waals surface area (Å²) in [5.41, 5.74) is 4.73. The van der Waals surface area contributed by atoms with Crippen molar-refractivity contribution in [1.29, 1.82) is 0 Å². The fourth-order valence-electron chi connectivity index (χ4n) is 2.60. The zero-order chi connectivity index (χ0) is 15.6. The van der Waals surface area contributed by atoms with Gasteiger partial charge < -0.3 is 0 Å². The van der Waals surface area contributed by atoms with E-state index in [-0.39, 0.29) is 0 Å². The van der Waals surface area contributed by atoms with Gasteiger partial charge >= 0.3 is 0 Å². The van der Waals surface area contributed by atoms with Crippen molar-refractivity contribution in [3.63, 3.8) is 0 Å². The van der Waals surface area contributed by atoms with Crippen LogP contribution in [0.15, 0.2) is 0 Å². The normalized spacial score (nSPS) is 14.6. The fourth-order valence-corrected chi connectivity index (χ4v) is 3.54. The topological polar surface area (TPSA) is 25.8 Å². The molecule has 0 spiro atoms. The Morgan fingerprint density at radius 2 is 1.19 bits per heavy atom. The van der Waals surface area contributed by atoms with Gasteiger partial charge in [0.15, 0.2) is 0 Å². The van der Waals surface area contributed by atoms with E-state index in [1.807, 2.05) is 11.3 Å². The van der Waals surface area contributed by atoms with E-state index in [2.05, 4.69) is 41.5 Å². The Morgan fingerprint density at radius 3 is 1.52 bits per heavy atom. The number of fused-ring (bicyclic) bond motifs is 1. The van der Waals surface area contributed by atoms with Gasteiger partial charge in [-0.15, -0.1) is 11.3 Å². The van der Waals surface area contributed by atoms with Crippen LogP contribution in [0.3, 0.4) is 0 Å². The molecule has 0 radical (unpaired) electrons. The molecular weight excluding hydrogens is 276 g/mol. The Hall–Kier alpha value is -0.960. The lowest BCUT2D eigenvalue weighted by Crippen LogP contribution is -2.10. The highest BCUT2D eigenvalue weighted by molar-refractivity contribution is 7.13. The lowest BCUT2D eigenvalue weighted by molar-refractivity contribution is 0.525. The summed E-state index contributed by atoms with van der Waals surface area (Å²) in [6.07, 6.45) is 4.51. The minimum atomic E-state index is 0.674. The molecule has 2 aromatic heterocycles. The molecule has 3 heteroatoms. The lowest BCUT2D eigenvalue weighted by atomic mass is 9.96. The van der Waals surface area contributed by atoms with Gasteiger partial charge in [0.1, 0.15) is 11.0 Å². The van der Waals surface area contributed by atoms with Crippen molar-refractivity contribution in [1.82, 2.24) is 9.97 Å². The molecular formula is C18H28N2S. The number of rotatable bonds is 6. The number of nitrogens with zero attached hydrogens (tertiary/aromatic N) is 2. The molecule has 0 N–H and O–H groups in total. The largest absolute Gasteiger partial charge is 0.248 e. The van der Waals surface area contributed by atoms with Crippen LogP contribution in [0.4, 0.5) is 0 Å². The van der Waals surface area contributed by atoms with Crippen LogP contribution in [-0.4, -0.2) is 9.97 Å². The molecule has 0 aliphatic carbocycles. The van der Waals surface area contributed by atoms with Gasteiger partial charge in [-0.1, -0.05) is 40.5 Å². The molecule has 0 saturated heterocycles. The van der Waals surface area contributed by atoms with Crippen LogP contribution >= 0.6 is 11.3 Å². The predicted octanol–water partition coefficient (Wildman–Crippen LogP) is 5.49. The van der Waals surface area contributed by atoms with E-state index in [4.69, 9.17) is 9.97 Å². The smallest absolute Gasteiger partial charge is 0.103 e. The van der Waals surface area contributed by atoms with E-state index in [1.54, 1.807) is 0 Å². The van der Waals surface area contributed by atoms with E-state index < -0.39 is 0 Å². The van der Waals surface area contributed by atoms with E-state index >= 15 is 0 Å². The monoisotopic (exact) mass is 304 g/mol. The molecule has 0 fully saturated rings. The van der Waals surface area contributed by atoms with E-state index in [0.29, 0.717) is 11.8 Å². The molecule has 0 amide bonds. The molecule has 0 aliphatic rings. The second-order valence-corrected chi connectivity index (χ2v) is 7.89. The standard InChI is InChI=1S/C18H28N2S/c1-7-11(3)9-15-16(10-12(4)8-2)20-18-14(6)21-13(5)17(18)19-15/h11-12H,7-10H2,1-6H3. The summed E-state index contributed by atoms with van der Waals surface area (Å²) in [4.78, 5) is 12.6. The van der Waals surface area contributed by atoms with Gasteiger partial charge in [-0.2, -0.15) is 0 Å². The van der Waals surface area contributed by atoms with E-state index in [1.165, 1.54) is 34.0 Å². The van der Waals surface area contributed by atoms with Gasteiger partial charge in [-0.3, -0.25) is 0 Å². The van der Waals surface area contributed by atoms with Gasteiger partial charge in [0.05, 0.1) is 11.4 Å². The van der Waals surface area contributed by atoms with Crippen LogP contribution in [0, 0.1) is 25.7 Å². The molecule has 0 saturated carbocycles. The summed E-state index contributed by atoms with van der Waals surface area (Å²) < 4.78 is 0. The molecule has 0 bridgehead atoms. The SMILES string of the molecule is CCC(C)Cc1nc2c(C)sc(C)c2nc1CC(C)CC. The molecule has 116 valence electrons. The van der Waals surface area contributed by atoms with Crippen molar-refractivity contribution < 1.29 is 0 Å². The number of hydrogen-bond acceptors (Lipinski definition) is 3. The number of aryl methyl sites for hydroxylation is 2. The van der Waals surface area contributed by atoms with Crippen LogP contribution < -0.4 is 0 Å². The van der Waals surface area contributed by atoms with Crippen LogP contribution in [0.2, 0.25) is 0 Å². The molecule has 2 atom stereocenters. The molecule has 0 aliphatic heterocycles. The molecule has 21 heavy (non-hydrogen) atoms. The fraction of sp³-hybridized carbons (Fsp3) is 0.667. The molecule has 0 aromatic carbocycles. The molecule has 2 nitrogen and oxygen atoms in total. The Bertz CT molecular complexity index is 563. The van der Waals surface area contributed by atoms with Gasteiger partial charge in [0, 0.05) is 9.75 Å². The number of aromatic nitrogens is 2. The van der Waals surface area contributed by atoms with E-state index in [0.717, 1.165) is 23.9 Å². The summed E-state index contributed by atoms with van der Waals surface area (Å²) in [7, 11) is 0. The average Bonchev–Trinajstić information content (AvgIpc) is 2.73. The quantitative estimate of drug-likeness (QED) is 0.705. The van der Waals surface area contributed by atoms with Crippen LogP contribution in [0.1, 0.15) is 61.7 Å². The highest BCUT2D eigenvalue weighted by Gasteiger charge is 2.17. The van der Waals surface area contributed by atoms with Crippen molar-refractivity contribution in [2.24, 2.45) is 11.8 Å². The second kappa shape index (κ2) is 6.87. The number of thiophene rings is 1. The van der Waals surface area contributed by atoms with Crippen LogP contribution in [0.25, 0.3) is 11.0 Å². The molecule has 2 aromatic rings. The predicted molar refractivity (Wildman–Crippen MR) is 93.2 cm³/mol. The van der Waals surface area contributed by atoms with Crippen molar-refractivity contribution >= 4 is 22.4 Å². The summed E-state index contributed by atoms with van der Waals surface area (Å²) >= 11 is 1.82. The number of hydrogen-bond donors (Lipinski definition) is 0. The third kappa shape index (κ3) is 3.63. The highest BCUT2D eigenvalue weighted by Crippen LogP contribution is 2.29. The second-order valence-electron chi connectivity index (χ2n) is 6.46. The minimum Gasteiger partial charge on any atom is -0.248 e. The molecule has 2 rings (SSSR count). The summed E-state index contributed by atoms with van der Waals surface area (Å²) in [6.45, 7) is 13.5. The first-order valence-electron chi connectivity index (χ1n) is 8.21. The molecule has 2 heterocycles. The van der Waals surface area contributed by atoms with Crippen LogP contribution in [-0.2, 0) is 12.8 Å². The van der Waals surface area contributed by atoms with E-state index in [9.17, 15) is 0 Å². The van der Waals surface area contributed by atoms with Gasteiger partial charge in [-0.05, 0) is 38.5 Å². The Balaban J connectivity index is 2.49. The Kier molecular flexibility index (Phi) is 5.37. The highest BCUT2D eigenvalue weighted by atomic mass is 32.1. The maximum absolute atomic E-state index is 5.02. The Labute approximate surface area is 133 Å². The third-order valence-corrected chi connectivity index (χ3v) is 5.50. The van der Waals surface area contributed by atoms with Gasteiger partial charge in [0.25, 0.3) is 0 Å². The van der Waals surface area contributed by atoms with Crippen molar-refractivity contribution in [2.45, 2.75) is 67.2 Å². The summed E-state index contributed by atoms with van der Waals surface area (Å²) in [5.74, 6) is 1.35. The lowest BCUT2D eigenvalue weighted by Gasteiger charge is -2.15. The maximum Gasteiger partial charge on any atom is 0.103 e. The summed E-state index contributed by atoms with van der Waals surface area (Å²) in [6, 6.07) is 0. The molecule has 2 unspecified atom stereocenters. The first kappa shape index (κ1) is 16.4. The van der Waals surface area contributed by atoms with Crippen molar-refractivity contribution in [2.75, 3.05) is 0 Å². The zero-order valence-electron chi connectivity index (χ0n) is 14.3. The van der Waals surface area contributed by atoms with Crippen molar-refractivity contribution in [3.8, 4) is 0 Å². The average molecular weight is 305 g/mol. The third-order valence-electron chi connectivity index (χ3n) is 4.50. The van der Waals surface area contributed by atoms with Crippen molar-refractivity contribution in [3.05, 3.63) is 21.1 Å². The minimum absolute atomic E-state index is 0.674. The maximum atomic E-state index is 5.02. The van der Waals surface area contributed by atoms with Gasteiger partial charge in [0.2, 0.25) is 0 Å². The first-order chi connectivity index (χ1) is 9.96. The van der Waals surface area contributed by atoms with Gasteiger partial charge in [-0.25, -0.2) is 9.97 Å². The first-order valence-corrected chi connectivity index (χ1v) is 9.03. The van der Waals surface area contributed by atoms with Crippen LogP contribution in [0.5, 0.6) is 0 Å². The zero-order valence-corrected chi connectivity index (χ0v) is 15.1.